The van der Waals surface area contributed by atoms with Crippen molar-refractivity contribution in [3.8, 4) is 0 Å². The van der Waals surface area contributed by atoms with Gasteiger partial charge in [-0.05, 0) is 37.6 Å². The Morgan fingerprint density at radius 2 is 2.00 bits per heavy atom. The van der Waals surface area contributed by atoms with Crippen LogP contribution >= 0.6 is 0 Å². The van der Waals surface area contributed by atoms with E-state index in [1.165, 1.54) is 18.2 Å². The van der Waals surface area contributed by atoms with E-state index in [1.807, 2.05) is 0 Å². The second-order valence-electron chi connectivity index (χ2n) is 5.74. The summed E-state index contributed by atoms with van der Waals surface area (Å²) in [5.41, 5.74) is 6.22. The fourth-order valence-corrected chi connectivity index (χ4v) is 2.60. The first-order chi connectivity index (χ1) is 12.5. The quantitative estimate of drug-likeness (QED) is 0.378. The van der Waals surface area contributed by atoms with Crippen LogP contribution in [0.5, 0.6) is 0 Å². The standard InChI is InChI=1S/C17H22N4O5/c1-26-9-3-8-21-15(23)13-5-4-12(10-14(13)16(21)24)19-17(25)20(11-22)7-2-6-18/h4-5,10-11H,2-3,6-9,18H2,1H3,(H,19,25). The number of nitrogens with zero attached hydrogens (tertiary/aromatic N) is 2. The number of fused-ring (bicyclic) bond motifs is 1. The Morgan fingerprint density at radius 1 is 1.27 bits per heavy atom. The fourth-order valence-electron chi connectivity index (χ4n) is 2.60. The number of ether oxygens (including phenoxy) is 1. The SMILES string of the molecule is COCCCN1C(=O)c2ccc(NC(=O)N(C=O)CCCN)cc2C1=O. The number of nitrogens with one attached hydrogen (secondary N) is 1. The molecule has 0 saturated carbocycles. The number of amides is 5. The number of hydrogen-bond acceptors (Lipinski definition) is 6. The summed E-state index contributed by atoms with van der Waals surface area (Å²) in [6, 6.07) is 3.83. The highest BCUT2D eigenvalue weighted by Crippen LogP contribution is 2.26. The number of nitrogens with two attached hydrogens (primary N) is 1. The monoisotopic (exact) mass is 362 g/mol. The molecule has 1 aromatic carbocycles. The lowest BCUT2D eigenvalue weighted by Crippen LogP contribution is -2.35. The number of carbonyl (C=O) groups is 4. The number of hydrogen-bond donors (Lipinski definition) is 2. The zero-order chi connectivity index (χ0) is 19.1. The number of benzene rings is 1. The van der Waals surface area contributed by atoms with Crippen molar-refractivity contribution < 1.29 is 23.9 Å². The molecule has 0 saturated heterocycles. The van der Waals surface area contributed by atoms with Crippen molar-refractivity contribution in [3.63, 3.8) is 0 Å². The molecule has 9 heteroatoms. The predicted octanol–water partition coefficient (Wildman–Crippen LogP) is 0.658. The van der Waals surface area contributed by atoms with Gasteiger partial charge in [-0.2, -0.15) is 0 Å². The topological polar surface area (TPSA) is 122 Å². The lowest BCUT2D eigenvalue weighted by molar-refractivity contribution is -0.115. The van der Waals surface area contributed by atoms with Crippen molar-refractivity contribution in [2.75, 3.05) is 38.7 Å². The van der Waals surface area contributed by atoms with Crippen LogP contribution < -0.4 is 11.1 Å². The molecule has 0 aromatic heterocycles. The van der Waals surface area contributed by atoms with Crippen molar-refractivity contribution in [1.82, 2.24) is 9.80 Å². The van der Waals surface area contributed by atoms with E-state index in [-0.39, 0.29) is 24.6 Å². The number of rotatable bonds is 9. The summed E-state index contributed by atoms with van der Waals surface area (Å²) in [5, 5.41) is 2.55. The van der Waals surface area contributed by atoms with E-state index in [2.05, 4.69) is 5.32 Å². The lowest BCUT2D eigenvalue weighted by atomic mass is 10.1. The van der Waals surface area contributed by atoms with Gasteiger partial charge in [0.1, 0.15) is 0 Å². The Bertz CT molecular complexity index is 706. The van der Waals surface area contributed by atoms with Gasteiger partial charge < -0.3 is 15.8 Å². The number of anilines is 1. The van der Waals surface area contributed by atoms with Crippen LogP contribution in [-0.4, -0.2) is 67.4 Å². The maximum Gasteiger partial charge on any atom is 0.328 e. The molecule has 0 unspecified atom stereocenters. The molecule has 1 aliphatic rings. The molecule has 1 aliphatic heterocycles. The van der Waals surface area contributed by atoms with E-state index in [4.69, 9.17) is 10.5 Å². The van der Waals surface area contributed by atoms with Crippen LogP contribution in [0.3, 0.4) is 0 Å². The molecule has 0 bridgehead atoms. The third-order valence-electron chi connectivity index (χ3n) is 3.94. The zero-order valence-corrected chi connectivity index (χ0v) is 14.6. The molecule has 5 amide bonds. The highest BCUT2D eigenvalue weighted by Gasteiger charge is 2.35. The summed E-state index contributed by atoms with van der Waals surface area (Å²) < 4.78 is 4.94. The maximum atomic E-state index is 12.4. The van der Waals surface area contributed by atoms with Gasteiger partial charge in [0.2, 0.25) is 6.41 Å². The average molecular weight is 362 g/mol. The summed E-state index contributed by atoms with van der Waals surface area (Å²) in [7, 11) is 1.55. The van der Waals surface area contributed by atoms with Crippen LogP contribution in [0.4, 0.5) is 10.5 Å². The molecule has 1 aromatic rings. The predicted molar refractivity (Wildman–Crippen MR) is 93.8 cm³/mol. The number of imide groups is 2. The molecule has 3 N–H and O–H groups in total. The Morgan fingerprint density at radius 3 is 2.65 bits per heavy atom. The molecule has 2 rings (SSSR count). The van der Waals surface area contributed by atoms with Gasteiger partial charge in [0, 0.05) is 32.5 Å². The molecule has 26 heavy (non-hydrogen) atoms. The van der Waals surface area contributed by atoms with E-state index >= 15 is 0 Å². The van der Waals surface area contributed by atoms with Crippen LogP contribution in [0.25, 0.3) is 0 Å². The normalized spacial score (nSPS) is 12.9. The van der Waals surface area contributed by atoms with Gasteiger partial charge in [-0.15, -0.1) is 0 Å². The van der Waals surface area contributed by atoms with Gasteiger partial charge in [-0.25, -0.2) is 4.79 Å². The second kappa shape index (κ2) is 9.07. The lowest BCUT2D eigenvalue weighted by Gasteiger charge is -2.16. The van der Waals surface area contributed by atoms with Gasteiger partial charge in [-0.3, -0.25) is 24.2 Å². The van der Waals surface area contributed by atoms with Gasteiger partial charge in [0.05, 0.1) is 11.1 Å². The first kappa shape index (κ1) is 19.5. The van der Waals surface area contributed by atoms with E-state index in [1.54, 1.807) is 7.11 Å². The van der Waals surface area contributed by atoms with Crippen molar-refractivity contribution >= 4 is 29.9 Å². The smallest absolute Gasteiger partial charge is 0.328 e. The van der Waals surface area contributed by atoms with Crippen LogP contribution in [0.2, 0.25) is 0 Å². The largest absolute Gasteiger partial charge is 0.385 e. The van der Waals surface area contributed by atoms with E-state index < -0.39 is 11.9 Å². The Labute approximate surface area is 151 Å². The maximum absolute atomic E-state index is 12.4. The van der Waals surface area contributed by atoms with Crippen LogP contribution in [0.1, 0.15) is 33.6 Å². The minimum absolute atomic E-state index is 0.196. The van der Waals surface area contributed by atoms with Gasteiger partial charge in [0.25, 0.3) is 11.8 Å². The summed E-state index contributed by atoms with van der Waals surface area (Å²) >= 11 is 0. The number of urea groups is 1. The van der Waals surface area contributed by atoms with Crippen LogP contribution in [-0.2, 0) is 9.53 Å². The molecular weight excluding hydrogens is 340 g/mol. The van der Waals surface area contributed by atoms with Crippen molar-refractivity contribution in [2.45, 2.75) is 12.8 Å². The first-order valence-electron chi connectivity index (χ1n) is 8.25. The minimum atomic E-state index is -0.623. The molecule has 9 nitrogen and oxygen atoms in total. The van der Waals surface area contributed by atoms with Gasteiger partial charge in [-0.1, -0.05) is 0 Å². The molecule has 0 fully saturated rings. The molecule has 0 aliphatic carbocycles. The minimum Gasteiger partial charge on any atom is -0.385 e. The van der Waals surface area contributed by atoms with E-state index in [0.29, 0.717) is 43.7 Å². The van der Waals surface area contributed by atoms with Crippen molar-refractivity contribution in [3.05, 3.63) is 29.3 Å². The highest BCUT2D eigenvalue weighted by molar-refractivity contribution is 6.21. The van der Waals surface area contributed by atoms with Gasteiger partial charge >= 0.3 is 6.03 Å². The van der Waals surface area contributed by atoms with Crippen molar-refractivity contribution in [2.24, 2.45) is 5.73 Å². The zero-order valence-electron chi connectivity index (χ0n) is 14.6. The summed E-state index contributed by atoms with van der Waals surface area (Å²) in [4.78, 5) is 50.0. The van der Waals surface area contributed by atoms with Crippen molar-refractivity contribution in [1.29, 1.82) is 0 Å². The Hall–Kier alpha value is -2.78. The molecule has 0 radical (unpaired) electrons. The highest BCUT2D eigenvalue weighted by atomic mass is 16.5. The number of methoxy groups -OCH3 is 1. The summed E-state index contributed by atoms with van der Waals surface area (Å²) in [5.74, 6) is -0.774. The Balaban J connectivity index is 2.10. The third kappa shape index (κ3) is 4.24. The van der Waals surface area contributed by atoms with E-state index in [0.717, 1.165) is 9.80 Å². The molecular formula is C17H22N4O5. The van der Waals surface area contributed by atoms with Gasteiger partial charge in [0.15, 0.2) is 0 Å². The molecule has 1 heterocycles. The molecule has 140 valence electrons. The van der Waals surface area contributed by atoms with E-state index in [9.17, 15) is 19.2 Å². The Kier molecular flexibility index (Phi) is 6.81. The molecule has 0 spiro atoms. The fraction of sp³-hybridized carbons (Fsp3) is 0.412. The second-order valence-corrected chi connectivity index (χ2v) is 5.74. The first-order valence-corrected chi connectivity index (χ1v) is 8.25. The van der Waals surface area contributed by atoms with Crippen LogP contribution in [0.15, 0.2) is 18.2 Å². The summed E-state index contributed by atoms with van der Waals surface area (Å²) in [6.07, 6.45) is 1.45. The number of carbonyl (C=O) groups excluding carboxylic acids is 4. The third-order valence-corrected chi connectivity index (χ3v) is 3.94. The average Bonchev–Trinajstić information content (AvgIpc) is 2.87. The summed E-state index contributed by atoms with van der Waals surface area (Å²) in [6.45, 7) is 1.26. The van der Waals surface area contributed by atoms with Crippen LogP contribution in [0, 0.1) is 0 Å². The molecule has 0 atom stereocenters.